The van der Waals surface area contributed by atoms with Gasteiger partial charge in [-0.25, -0.2) is 4.98 Å². The molecular weight excluding hydrogens is 272 g/mol. The molecule has 0 unspecified atom stereocenters. The molecule has 2 aromatic rings. The Bertz CT molecular complexity index is 414. The van der Waals surface area contributed by atoms with Gasteiger partial charge in [0, 0.05) is 12.7 Å². The second-order valence-corrected chi connectivity index (χ2v) is 4.78. The summed E-state index contributed by atoms with van der Waals surface area (Å²) in [5, 5.41) is 7.58. The van der Waals surface area contributed by atoms with Crippen LogP contribution in [0.2, 0.25) is 0 Å². The summed E-state index contributed by atoms with van der Waals surface area (Å²) < 4.78 is 1.01. The predicted octanol–water partition coefficient (Wildman–Crippen LogP) is 3.56. The maximum atomic E-state index is 4.24. The van der Waals surface area contributed by atoms with E-state index < -0.39 is 0 Å². The number of pyridine rings is 1. The number of thiophene rings is 1. The van der Waals surface area contributed by atoms with Crippen LogP contribution < -0.4 is 5.32 Å². The van der Waals surface area contributed by atoms with Crippen molar-refractivity contribution in [2.24, 2.45) is 0 Å². The molecule has 2 nitrogen and oxygen atoms in total. The molecule has 2 aromatic heterocycles. The summed E-state index contributed by atoms with van der Waals surface area (Å²) >= 11 is 5.19. The molecule has 78 valence electrons. The molecule has 0 aliphatic heterocycles. The van der Waals surface area contributed by atoms with Crippen molar-refractivity contribution in [3.8, 4) is 0 Å². The average molecular weight is 283 g/mol. The Labute approximate surface area is 101 Å². The fraction of sp³-hybridized carbons (Fsp3) is 0.182. The Morgan fingerprint density at radius 2 is 2.33 bits per heavy atom. The van der Waals surface area contributed by atoms with Gasteiger partial charge in [0.25, 0.3) is 0 Å². The Morgan fingerprint density at radius 1 is 1.40 bits per heavy atom. The average Bonchev–Trinajstić information content (AvgIpc) is 2.74. The van der Waals surface area contributed by atoms with E-state index in [2.05, 4.69) is 43.1 Å². The second kappa shape index (κ2) is 5.28. The molecule has 1 N–H and O–H groups in total. The molecule has 4 heteroatoms. The van der Waals surface area contributed by atoms with Gasteiger partial charge < -0.3 is 5.32 Å². The van der Waals surface area contributed by atoms with Gasteiger partial charge in [-0.15, -0.1) is 0 Å². The first-order chi connectivity index (χ1) is 7.36. The van der Waals surface area contributed by atoms with Gasteiger partial charge in [0.15, 0.2) is 0 Å². The minimum Gasteiger partial charge on any atom is -0.369 e. The minimum atomic E-state index is 0.909. The molecule has 0 radical (unpaired) electrons. The van der Waals surface area contributed by atoms with E-state index in [0.29, 0.717) is 0 Å². The summed E-state index contributed by atoms with van der Waals surface area (Å²) in [6.45, 7) is 0.909. The van der Waals surface area contributed by atoms with Crippen LogP contribution >= 0.6 is 27.3 Å². The molecule has 0 amide bonds. The first-order valence-corrected chi connectivity index (χ1v) is 6.45. The smallest absolute Gasteiger partial charge is 0.140 e. The van der Waals surface area contributed by atoms with Crippen LogP contribution in [0.15, 0.2) is 39.6 Å². The lowest BCUT2D eigenvalue weighted by Gasteiger charge is -2.05. The number of halogens is 1. The number of nitrogens with zero attached hydrogens (tertiary/aromatic N) is 1. The summed E-state index contributed by atoms with van der Waals surface area (Å²) in [4.78, 5) is 4.24. The van der Waals surface area contributed by atoms with E-state index in [0.717, 1.165) is 23.3 Å². The Morgan fingerprint density at radius 3 is 3.07 bits per heavy atom. The molecule has 0 fully saturated rings. The van der Waals surface area contributed by atoms with Crippen LogP contribution in [0.25, 0.3) is 0 Å². The third kappa shape index (κ3) is 3.04. The highest BCUT2D eigenvalue weighted by Gasteiger charge is 1.98. The van der Waals surface area contributed by atoms with Crippen molar-refractivity contribution in [1.29, 1.82) is 0 Å². The molecule has 0 aromatic carbocycles. The molecule has 2 rings (SSSR count). The first kappa shape index (κ1) is 10.6. The third-order valence-corrected chi connectivity index (χ3v) is 3.42. The largest absolute Gasteiger partial charge is 0.369 e. The van der Waals surface area contributed by atoms with E-state index in [1.165, 1.54) is 5.56 Å². The van der Waals surface area contributed by atoms with Gasteiger partial charge in [-0.3, -0.25) is 0 Å². The molecule has 0 saturated carbocycles. The molecule has 0 aliphatic rings. The Hall–Kier alpha value is -0.870. The standard InChI is InChI=1S/C11H11BrN2S/c12-10-2-1-5-13-11(10)14-6-3-9-4-7-15-8-9/h1-2,4-5,7-8H,3,6H2,(H,13,14). The zero-order valence-electron chi connectivity index (χ0n) is 8.11. The van der Waals surface area contributed by atoms with Gasteiger partial charge in [0.2, 0.25) is 0 Å². The molecule has 0 atom stereocenters. The van der Waals surface area contributed by atoms with E-state index >= 15 is 0 Å². The van der Waals surface area contributed by atoms with Gasteiger partial charge in [-0.1, -0.05) is 0 Å². The zero-order chi connectivity index (χ0) is 10.5. The highest BCUT2D eigenvalue weighted by molar-refractivity contribution is 9.10. The van der Waals surface area contributed by atoms with Crippen LogP contribution in [0.4, 0.5) is 5.82 Å². The second-order valence-electron chi connectivity index (χ2n) is 3.14. The molecule has 0 spiro atoms. The highest BCUT2D eigenvalue weighted by atomic mass is 79.9. The topological polar surface area (TPSA) is 24.9 Å². The summed E-state index contributed by atoms with van der Waals surface area (Å²) in [5.74, 6) is 0.910. The lowest BCUT2D eigenvalue weighted by atomic mass is 10.2. The van der Waals surface area contributed by atoms with Gasteiger partial charge in [-0.2, -0.15) is 11.3 Å². The number of hydrogen-bond donors (Lipinski definition) is 1. The fourth-order valence-electron chi connectivity index (χ4n) is 1.28. The quantitative estimate of drug-likeness (QED) is 0.928. The third-order valence-electron chi connectivity index (χ3n) is 2.04. The summed E-state index contributed by atoms with van der Waals surface area (Å²) in [5.41, 5.74) is 1.37. The number of rotatable bonds is 4. The zero-order valence-corrected chi connectivity index (χ0v) is 10.5. The maximum absolute atomic E-state index is 4.24. The lowest BCUT2D eigenvalue weighted by Crippen LogP contribution is -2.06. The normalized spacial score (nSPS) is 10.2. The number of aromatic nitrogens is 1. The van der Waals surface area contributed by atoms with Crippen molar-refractivity contribution in [3.05, 3.63) is 45.2 Å². The van der Waals surface area contributed by atoms with E-state index in [4.69, 9.17) is 0 Å². The van der Waals surface area contributed by atoms with Crippen molar-refractivity contribution in [3.63, 3.8) is 0 Å². The van der Waals surface area contributed by atoms with Gasteiger partial charge in [0.1, 0.15) is 5.82 Å². The van der Waals surface area contributed by atoms with E-state index in [9.17, 15) is 0 Å². The Kier molecular flexibility index (Phi) is 3.75. The monoisotopic (exact) mass is 282 g/mol. The van der Waals surface area contributed by atoms with E-state index in [1.54, 1.807) is 17.5 Å². The number of anilines is 1. The molecular formula is C11H11BrN2S. The van der Waals surface area contributed by atoms with Gasteiger partial charge in [-0.05, 0) is 56.9 Å². The van der Waals surface area contributed by atoms with E-state index in [-0.39, 0.29) is 0 Å². The van der Waals surface area contributed by atoms with Gasteiger partial charge in [0.05, 0.1) is 4.47 Å². The SMILES string of the molecule is Brc1cccnc1NCCc1ccsc1. The van der Waals surface area contributed by atoms with Crippen LogP contribution in [-0.4, -0.2) is 11.5 Å². The van der Waals surface area contributed by atoms with Crippen molar-refractivity contribution in [1.82, 2.24) is 4.98 Å². The first-order valence-electron chi connectivity index (χ1n) is 4.72. The summed E-state index contributed by atoms with van der Waals surface area (Å²) in [6, 6.07) is 6.05. The van der Waals surface area contributed by atoms with Crippen molar-refractivity contribution >= 4 is 33.1 Å². The van der Waals surface area contributed by atoms with Crippen LogP contribution in [0.3, 0.4) is 0 Å². The van der Waals surface area contributed by atoms with Crippen LogP contribution in [0.5, 0.6) is 0 Å². The number of nitrogens with one attached hydrogen (secondary N) is 1. The molecule has 15 heavy (non-hydrogen) atoms. The van der Waals surface area contributed by atoms with Crippen LogP contribution in [0, 0.1) is 0 Å². The molecule has 0 bridgehead atoms. The molecule has 0 aliphatic carbocycles. The lowest BCUT2D eigenvalue weighted by molar-refractivity contribution is 1.01. The maximum Gasteiger partial charge on any atom is 0.140 e. The Balaban J connectivity index is 1.86. The summed E-state index contributed by atoms with van der Waals surface area (Å²) in [7, 11) is 0. The predicted molar refractivity (Wildman–Crippen MR) is 68.4 cm³/mol. The van der Waals surface area contributed by atoms with Crippen LogP contribution in [-0.2, 0) is 6.42 Å². The number of hydrogen-bond acceptors (Lipinski definition) is 3. The van der Waals surface area contributed by atoms with E-state index in [1.807, 2.05) is 12.1 Å². The molecule has 2 heterocycles. The van der Waals surface area contributed by atoms with Crippen molar-refractivity contribution in [2.45, 2.75) is 6.42 Å². The minimum absolute atomic E-state index is 0.909. The van der Waals surface area contributed by atoms with Gasteiger partial charge >= 0.3 is 0 Å². The fourth-order valence-corrected chi connectivity index (χ4v) is 2.37. The molecule has 0 saturated heterocycles. The van der Waals surface area contributed by atoms with Crippen LogP contribution in [0.1, 0.15) is 5.56 Å². The van der Waals surface area contributed by atoms with Crippen molar-refractivity contribution < 1.29 is 0 Å². The summed E-state index contributed by atoms with van der Waals surface area (Å²) in [6.07, 6.45) is 2.82. The highest BCUT2D eigenvalue weighted by Crippen LogP contribution is 2.18. The van der Waals surface area contributed by atoms with Crippen molar-refractivity contribution in [2.75, 3.05) is 11.9 Å².